The Morgan fingerprint density at radius 2 is 1.69 bits per heavy atom. The number of nitrogens with one attached hydrogen (secondary N) is 1. The minimum Gasteiger partial charge on any atom is -0.496 e. The molecule has 0 radical (unpaired) electrons. The summed E-state index contributed by atoms with van der Waals surface area (Å²) in [5.41, 5.74) is 0.231. The molecular formula is C29H35ClFN3O5. The van der Waals surface area contributed by atoms with E-state index < -0.39 is 17.6 Å². The fraction of sp³-hybridized carbons (Fsp3) is 0.483. The minimum absolute atomic E-state index is 0.0658. The van der Waals surface area contributed by atoms with Crippen LogP contribution in [0.2, 0.25) is 5.02 Å². The summed E-state index contributed by atoms with van der Waals surface area (Å²) in [6.07, 6.45) is 3.43. The van der Waals surface area contributed by atoms with Crippen molar-refractivity contribution in [1.29, 1.82) is 0 Å². The number of rotatable bonds is 11. The quantitative estimate of drug-likeness (QED) is 0.226. The molecule has 3 amide bonds. The van der Waals surface area contributed by atoms with E-state index in [0.29, 0.717) is 67.3 Å². The van der Waals surface area contributed by atoms with E-state index in [1.807, 2.05) is 6.92 Å². The number of likely N-dealkylation sites (tertiary alicyclic amines) is 1. The molecular weight excluding hydrogens is 525 g/mol. The van der Waals surface area contributed by atoms with E-state index in [0.717, 1.165) is 18.5 Å². The summed E-state index contributed by atoms with van der Waals surface area (Å²) < 4.78 is 24.1. The minimum atomic E-state index is -0.904. The Morgan fingerprint density at radius 1 is 1.08 bits per heavy atom. The lowest BCUT2D eigenvalue weighted by Gasteiger charge is -2.37. The zero-order valence-corrected chi connectivity index (χ0v) is 23.4. The molecule has 0 aromatic heterocycles. The van der Waals surface area contributed by atoms with Crippen LogP contribution in [0.15, 0.2) is 36.4 Å². The fourth-order valence-electron chi connectivity index (χ4n) is 5.57. The van der Waals surface area contributed by atoms with Gasteiger partial charge in [0, 0.05) is 24.5 Å². The summed E-state index contributed by atoms with van der Waals surface area (Å²) in [5, 5.41) is 3.40. The molecule has 1 N–H and O–H groups in total. The van der Waals surface area contributed by atoms with Gasteiger partial charge in [0.1, 0.15) is 28.4 Å². The van der Waals surface area contributed by atoms with Crippen LogP contribution in [0.5, 0.6) is 11.5 Å². The second-order valence-electron chi connectivity index (χ2n) is 10.1. The summed E-state index contributed by atoms with van der Waals surface area (Å²) in [5.74, 6) is 0.160. The highest BCUT2D eigenvalue weighted by Gasteiger charge is 2.54. The van der Waals surface area contributed by atoms with Crippen LogP contribution >= 0.6 is 11.6 Å². The normalized spacial score (nSPS) is 17.8. The number of benzene rings is 2. The van der Waals surface area contributed by atoms with E-state index in [9.17, 15) is 18.8 Å². The zero-order valence-electron chi connectivity index (χ0n) is 22.6. The van der Waals surface area contributed by atoms with Gasteiger partial charge in [-0.3, -0.25) is 14.5 Å². The highest BCUT2D eigenvalue weighted by Crippen LogP contribution is 2.36. The smallest absolute Gasteiger partial charge is 0.325 e. The van der Waals surface area contributed by atoms with E-state index in [1.165, 1.54) is 31.3 Å². The largest absolute Gasteiger partial charge is 0.496 e. The van der Waals surface area contributed by atoms with Gasteiger partial charge in [-0.25, -0.2) is 9.18 Å². The van der Waals surface area contributed by atoms with Crippen LogP contribution in [0, 0.1) is 5.82 Å². The molecule has 10 heteroatoms. The van der Waals surface area contributed by atoms with Gasteiger partial charge in [0.25, 0.3) is 5.91 Å². The first-order valence-electron chi connectivity index (χ1n) is 13.3. The maximum absolute atomic E-state index is 13.5. The van der Waals surface area contributed by atoms with Crippen molar-refractivity contribution < 1.29 is 28.2 Å². The number of ketones is 1. The molecule has 1 atom stereocenters. The third-order valence-electron chi connectivity index (χ3n) is 7.73. The van der Waals surface area contributed by atoms with Gasteiger partial charge in [-0.15, -0.1) is 0 Å². The number of unbranched alkanes of at least 4 members (excludes halogenated alkanes) is 1. The Kier molecular flexibility index (Phi) is 9.12. The summed E-state index contributed by atoms with van der Waals surface area (Å²) in [6, 6.07) is 8.33. The number of nitrogens with zero attached hydrogens (tertiary/aromatic N) is 2. The van der Waals surface area contributed by atoms with Crippen molar-refractivity contribution in [2.75, 3.05) is 33.9 Å². The second kappa shape index (κ2) is 12.3. The lowest BCUT2D eigenvalue weighted by molar-refractivity contribution is -0.134. The molecule has 2 aliphatic heterocycles. The highest BCUT2D eigenvalue weighted by atomic mass is 35.5. The molecule has 39 heavy (non-hydrogen) atoms. The molecule has 2 aromatic rings. The SMILES string of the molecule is CCC(c1ccc(F)cc1)N1C(=O)NC2(CCN(CCCCC(=O)c3c(OC)cc(Cl)cc3OC)CC2)C1=O. The van der Waals surface area contributed by atoms with Gasteiger partial charge in [-0.1, -0.05) is 30.7 Å². The van der Waals surface area contributed by atoms with Crippen LogP contribution in [-0.2, 0) is 4.79 Å². The molecule has 2 aromatic carbocycles. The highest BCUT2D eigenvalue weighted by molar-refractivity contribution is 6.31. The number of hydrogen-bond acceptors (Lipinski definition) is 6. The predicted molar refractivity (Wildman–Crippen MR) is 146 cm³/mol. The number of carbonyl (C=O) groups excluding carboxylic acids is 3. The van der Waals surface area contributed by atoms with Crippen LogP contribution in [0.3, 0.4) is 0 Å². The molecule has 2 fully saturated rings. The maximum Gasteiger partial charge on any atom is 0.325 e. The van der Waals surface area contributed by atoms with Gasteiger partial charge >= 0.3 is 6.03 Å². The van der Waals surface area contributed by atoms with Crippen LogP contribution in [0.1, 0.15) is 67.4 Å². The molecule has 4 rings (SSSR count). The number of amides is 3. The molecule has 0 aliphatic carbocycles. The number of methoxy groups -OCH3 is 2. The Morgan fingerprint density at radius 3 is 2.26 bits per heavy atom. The van der Waals surface area contributed by atoms with Crippen molar-refractivity contribution in [2.24, 2.45) is 0 Å². The lowest BCUT2D eigenvalue weighted by atomic mass is 9.86. The molecule has 0 bridgehead atoms. The van der Waals surface area contributed by atoms with Crippen LogP contribution in [0.25, 0.3) is 0 Å². The lowest BCUT2D eigenvalue weighted by Crippen LogP contribution is -2.55. The number of urea groups is 1. The molecule has 0 saturated carbocycles. The Balaban J connectivity index is 1.29. The zero-order chi connectivity index (χ0) is 28.2. The number of piperidine rings is 1. The number of Topliss-reactive ketones (excluding diaryl/α,β-unsaturated/α-hetero) is 1. The average molecular weight is 560 g/mol. The summed E-state index contributed by atoms with van der Waals surface area (Å²) in [4.78, 5) is 42.9. The summed E-state index contributed by atoms with van der Waals surface area (Å²) in [7, 11) is 2.99. The Bertz CT molecular complexity index is 1190. The molecule has 8 nitrogen and oxygen atoms in total. The number of imide groups is 1. The molecule has 1 unspecified atom stereocenters. The van der Waals surface area contributed by atoms with Gasteiger partial charge < -0.3 is 19.7 Å². The number of carbonyl (C=O) groups is 3. The average Bonchev–Trinajstić information content (AvgIpc) is 3.17. The molecule has 210 valence electrons. The van der Waals surface area contributed by atoms with Crippen molar-refractivity contribution in [3.05, 3.63) is 58.4 Å². The van der Waals surface area contributed by atoms with Crippen molar-refractivity contribution in [2.45, 2.75) is 57.0 Å². The van der Waals surface area contributed by atoms with Crippen molar-refractivity contribution in [1.82, 2.24) is 15.1 Å². The van der Waals surface area contributed by atoms with Gasteiger partial charge in [-0.2, -0.15) is 0 Å². The van der Waals surface area contributed by atoms with Gasteiger partial charge in [0.15, 0.2) is 5.78 Å². The third-order valence-corrected chi connectivity index (χ3v) is 7.95. The second-order valence-corrected chi connectivity index (χ2v) is 10.5. The molecule has 1 spiro atoms. The molecule has 2 saturated heterocycles. The predicted octanol–water partition coefficient (Wildman–Crippen LogP) is 5.39. The van der Waals surface area contributed by atoms with Crippen LogP contribution in [0.4, 0.5) is 9.18 Å². The molecule has 2 heterocycles. The first-order chi connectivity index (χ1) is 18.7. The van der Waals surface area contributed by atoms with E-state index >= 15 is 0 Å². The molecule has 2 aliphatic rings. The fourth-order valence-corrected chi connectivity index (χ4v) is 5.77. The van der Waals surface area contributed by atoms with Crippen molar-refractivity contribution in [3.8, 4) is 11.5 Å². The van der Waals surface area contributed by atoms with Crippen LogP contribution in [-0.4, -0.2) is 66.9 Å². The van der Waals surface area contributed by atoms with Crippen molar-refractivity contribution in [3.63, 3.8) is 0 Å². The summed E-state index contributed by atoms with van der Waals surface area (Å²) in [6.45, 7) is 4.03. The Labute approximate surface area is 233 Å². The van der Waals surface area contributed by atoms with E-state index in [1.54, 1.807) is 24.3 Å². The third kappa shape index (κ3) is 6.04. The van der Waals surface area contributed by atoms with Gasteiger partial charge in [-0.05, 0) is 68.5 Å². The monoisotopic (exact) mass is 559 g/mol. The van der Waals surface area contributed by atoms with E-state index in [-0.39, 0.29) is 17.5 Å². The standard InChI is InChI=1S/C29H35ClFN3O5/c1-4-22(19-8-10-21(31)11-9-19)34-27(36)29(32-28(34)37)12-15-33(16-13-29)14-6-5-7-23(35)26-24(38-2)17-20(30)18-25(26)39-3/h8-11,17-18,22H,4-7,12-16H2,1-3H3,(H,32,37). The van der Waals surface area contributed by atoms with Gasteiger partial charge in [0.05, 0.1) is 20.3 Å². The van der Waals surface area contributed by atoms with E-state index in [2.05, 4.69) is 10.2 Å². The number of halogens is 2. The maximum atomic E-state index is 13.5. The first kappa shape index (κ1) is 28.8. The number of ether oxygens (including phenoxy) is 2. The van der Waals surface area contributed by atoms with Gasteiger partial charge in [0.2, 0.25) is 0 Å². The van der Waals surface area contributed by atoms with Crippen molar-refractivity contribution >= 4 is 29.3 Å². The topological polar surface area (TPSA) is 88.2 Å². The Hall–Kier alpha value is -3.17. The van der Waals surface area contributed by atoms with E-state index in [4.69, 9.17) is 21.1 Å². The summed E-state index contributed by atoms with van der Waals surface area (Å²) >= 11 is 6.09. The number of hydrogen-bond donors (Lipinski definition) is 1. The first-order valence-corrected chi connectivity index (χ1v) is 13.7. The van der Waals surface area contributed by atoms with Crippen LogP contribution < -0.4 is 14.8 Å².